The number of halogens is 1. The van der Waals surface area contributed by atoms with Gasteiger partial charge in [-0.1, -0.05) is 6.07 Å². The third-order valence-electron chi connectivity index (χ3n) is 4.54. The Labute approximate surface area is 140 Å². The molecule has 0 amide bonds. The van der Waals surface area contributed by atoms with Crippen LogP contribution in [0.25, 0.3) is 11.3 Å². The molecule has 1 saturated carbocycles. The van der Waals surface area contributed by atoms with Crippen LogP contribution < -0.4 is 4.90 Å². The number of carbonyl (C=O) groups excluding carboxylic acids is 1. The third-order valence-corrected chi connectivity index (χ3v) is 4.54. The van der Waals surface area contributed by atoms with Gasteiger partial charge in [-0.15, -0.1) is 0 Å². The van der Waals surface area contributed by atoms with Crippen molar-refractivity contribution in [2.24, 2.45) is 5.92 Å². The zero-order chi connectivity index (χ0) is 16.5. The molecule has 1 aromatic heterocycles. The van der Waals surface area contributed by atoms with Crippen LogP contribution in [0.2, 0.25) is 0 Å². The summed E-state index contributed by atoms with van der Waals surface area (Å²) in [6.07, 6.45) is 1.88. The van der Waals surface area contributed by atoms with E-state index in [4.69, 9.17) is 4.74 Å². The van der Waals surface area contributed by atoms with E-state index in [-0.39, 0.29) is 17.5 Å². The number of carbonyl (C=O) groups is 1. The van der Waals surface area contributed by atoms with E-state index in [1.165, 1.54) is 6.07 Å². The molecular formula is C19H19FN2O2. The first kappa shape index (κ1) is 15.3. The molecule has 2 aliphatic rings. The first-order valence-electron chi connectivity index (χ1n) is 8.36. The largest absolute Gasteiger partial charge is 0.378 e. The molecule has 124 valence electrons. The number of ketones is 1. The quantitative estimate of drug-likeness (QED) is 0.809. The molecule has 1 saturated heterocycles. The lowest BCUT2D eigenvalue weighted by Gasteiger charge is -2.28. The summed E-state index contributed by atoms with van der Waals surface area (Å²) in [6.45, 7) is 2.90. The van der Waals surface area contributed by atoms with Gasteiger partial charge in [0.15, 0.2) is 5.78 Å². The molecule has 1 aromatic carbocycles. The second kappa shape index (κ2) is 6.32. The first-order chi connectivity index (χ1) is 11.7. The van der Waals surface area contributed by atoms with E-state index >= 15 is 0 Å². The van der Waals surface area contributed by atoms with Gasteiger partial charge in [0.1, 0.15) is 11.6 Å². The molecule has 1 aliphatic heterocycles. The van der Waals surface area contributed by atoms with Crippen LogP contribution in [0.1, 0.15) is 23.2 Å². The Balaban J connectivity index is 1.67. The smallest absolute Gasteiger partial charge is 0.165 e. The van der Waals surface area contributed by atoms with E-state index in [1.807, 2.05) is 12.1 Å². The fourth-order valence-electron chi connectivity index (χ4n) is 3.00. The molecule has 5 heteroatoms. The van der Waals surface area contributed by atoms with Crippen molar-refractivity contribution in [3.8, 4) is 11.3 Å². The maximum atomic E-state index is 14.3. The van der Waals surface area contributed by atoms with Crippen LogP contribution in [0.5, 0.6) is 0 Å². The summed E-state index contributed by atoms with van der Waals surface area (Å²) in [5.74, 6) is 0.694. The lowest BCUT2D eigenvalue weighted by atomic mass is 10.0. The van der Waals surface area contributed by atoms with Gasteiger partial charge in [-0.25, -0.2) is 9.37 Å². The van der Waals surface area contributed by atoms with Gasteiger partial charge in [0.25, 0.3) is 0 Å². The summed E-state index contributed by atoms with van der Waals surface area (Å²) in [5.41, 5.74) is 1.52. The van der Waals surface area contributed by atoms with E-state index in [0.29, 0.717) is 30.0 Å². The molecule has 0 bridgehead atoms. The second-order valence-corrected chi connectivity index (χ2v) is 6.31. The van der Waals surface area contributed by atoms with Crippen molar-refractivity contribution in [3.63, 3.8) is 0 Å². The van der Waals surface area contributed by atoms with Gasteiger partial charge in [-0.3, -0.25) is 4.79 Å². The summed E-state index contributed by atoms with van der Waals surface area (Å²) in [7, 11) is 0. The number of Topliss-reactive ketones (excluding diaryl/α,β-unsaturated/α-hetero) is 1. The number of hydrogen-bond donors (Lipinski definition) is 0. The molecule has 2 heterocycles. The number of nitrogens with zero attached hydrogens (tertiary/aromatic N) is 2. The van der Waals surface area contributed by atoms with Crippen LogP contribution in [0.3, 0.4) is 0 Å². The highest BCUT2D eigenvalue weighted by Crippen LogP contribution is 2.34. The average molecular weight is 326 g/mol. The molecule has 0 N–H and O–H groups in total. The lowest BCUT2D eigenvalue weighted by Crippen LogP contribution is -2.36. The molecule has 4 rings (SSSR count). The van der Waals surface area contributed by atoms with Crippen LogP contribution in [-0.2, 0) is 4.74 Å². The minimum atomic E-state index is -0.353. The van der Waals surface area contributed by atoms with E-state index in [2.05, 4.69) is 9.88 Å². The lowest BCUT2D eigenvalue weighted by molar-refractivity contribution is 0.0967. The highest BCUT2D eigenvalue weighted by Gasteiger charge is 2.30. The maximum Gasteiger partial charge on any atom is 0.165 e. The molecule has 0 unspecified atom stereocenters. The number of anilines is 1. The Morgan fingerprint density at radius 2 is 1.96 bits per heavy atom. The second-order valence-electron chi connectivity index (χ2n) is 6.31. The van der Waals surface area contributed by atoms with Gasteiger partial charge in [-0.2, -0.15) is 0 Å². The summed E-state index contributed by atoms with van der Waals surface area (Å²) in [6, 6.07) is 10.2. The Bertz CT molecular complexity index is 768. The number of pyridine rings is 1. The third kappa shape index (κ3) is 3.04. The van der Waals surface area contributed by atoms with Crippen LogP contribution in [0.4, 0.5) is 10.2 Å². The van der Waals surface area contributed by atoms with Crippen molar-refractivity contribution < 1.29 is 13.9 Å². The van der Waals surface area contributed by atoms with Gasteiger partial charge in [0.05, 0.1) is 18.9 Å². The molecule has 0 radical (unpaired) electrons. The molecule has 1 aliphatic carbocycles. The van der Waals surface area contributed by atoms with Gasteiger partial charge >= 0.3 is 0 Å². The maximum absolute atomic E-state index is 14.3. The highest BCUT2D eigenvalue weighted by molar-refractivity contribution is 6.00. The molecule has 0 spiro atoms. The SMILES string of the molecule is O=C(c1ccc(F)c(-c2cccc(N3CCOCC3)n2)c1)C1CC1. The van der Waals surface area contributed by atoms with Crippen molar-refractivity contribution in [2.45, 2.75) is 12.8 Å². The van der Waals surface area contributed by atoms with Gasteiger partial charge < -0.3 is 9.64 Å². The predicted molar refractivity (Wildman–Crippen MR) is 89.7 cm³/mol. The van der Waals surface area contributed by atoms with Gasteiger partial charge in [0, 0.05) is 30.1 Å². The Morgan fingerprint density at radius 1 is 1.17 bits per heavy atom. The monoisotopic (exact) mass is 326 g/mol. The number of ether oxygens (including phenoxy) is 1. The highest BCUT2D eigenvalue weighted by atomic mass is 19.1. The van der Waals surface area contributed by atoms with Gasteiger partial charge in [-0.05, 0) is 43.2 Å². The first-order valence-corrected chi connectivity index (χ1v) is 8.36. The fraction of sp³-hybridized carbons (Fsp3) is 0.368. The van der Waals surface area contributed by atoms with Crippen molar-refractivity contribution in [1.29, 1.82) is 0 Å². The zero-order valence-corrected chi connectivity index (χ0v) is 13.4. The minimum Gasteiger partial charge on any atom is -0.378 e. The number of hydrogen-bond acceptors (Lipinski definition) is 4. The fourth-order valence-corrected chi connectivity index (χ4v) is 3.00. The number of aromatic nitrogens is 1. The van der Waals surface area contributed by atoms with Crippen molar-refractivity contribution in [1.82, 2.24) is 4.98 Å². The summed E-state index contributed by atoms with van der Waals surface area (Å²) >= 11 is 0. The standard InChI is InChI=1S/C19H19FN2O2/c20-16-7-6-14(19(23)13-4-5-13)12-15(16)17-2-1-3-18(21-17)22-8-10-24-11-9-22/h1-3,6-7,12-13H,4-5,8-11H2. The van der Waals surface area contributed by atoms with Gasteiger partial charge in [0.2, 0.25) is 0 Å². The van der Waals surface area contributed by atoms with Crippen LogP contribution in [0, 0.1) is 11.7 Å². The summed E-state index contributed by atoms with van der Waals surface area (Å²) in [5, 5.41) is 0. The summed E-state index contributed by atoms with van der Waals surface area (Å²) in [4.78, 5) is 19.0. The predicted octanol–water partition coefficient (Wildman–Crippen LogP) is 3.32. The van der Waals surface area contributed by atoms with E-state index in [0.717, 1.165) is 31.7 Å². The molecule has 4 nitrogen and oxygen atoms in total. The van der Waals surface area contributed by atoms with Crippen molar-refractivity contribution in [3.05, 3.63) is 47.8 Å². The van der Waals surface area contributed by atoms with E-state index in [1.54, 1.807) is 18.2 Å². The average Bonchev–Trinajstić information content (AvgIpc) is 3.48. The minimum absolute atomic E-state index is 0.112. The van der Waals surface area contributed by atoms with Crippen LogP contribution in [0.15, 0.2) is 36.4 Å². The normalized spacial score (nSPS) is 17.8. The van der Waals surface area contributed by atoms with E-state index in [9.17, 15) is 9.18 Å². The van der Waals surface area contributed by atoms with Crippen molar-refractivity contribution >= 4 is 11.6 Å². The Kier molecular flexibility index (Phi) is 4.02. The molecule has 0 atom stereocenters. The molecule has 2 aromatic rings. The molecule has 24 heavy (non-hydrogen) atoms. The van der Waals surface area contributed by atoms with Crippen LogP contribution in [-0.4, -0.2) is 37.1 Å². The molecular weight excluding hydrogens is 307 g/mol. The topological polar surface area (TPSA) is 42.4 Å². The summed E-state index contributed by atoms with van der Waals surface area (Å²) < 4.78 is 19.7. The van der Waals surface area contributed by atoms with Crippen molar-refractivity contribution in [2.75, 3.05) is 31.2 Å². The zero-order valence-electron chi connectivity index (χ0n) is 13.4. The molecule has 2 fully saturated rings. The Hall–Kier alpha value is -2.27. The number of rotatable bonds is 4. The van der Waals surface area contributed by atoms with E-state index < -0.39 is 0 Å². The van der Waals surface area contributed by atoms with Crippen LogP contribution >= 0.6 is 0 Å². The number of benzene rings is 1. The Morgan fingerprint density at radius 3 is 2.71 bits per heavy atom. The number of morpholine rings is 1.